The van der Waals surface area contributed by atoms with Crippen molar-refractivity contribution < 1.29 is 17.9 Å². The van der Waals surface area contributed by atoms with E-state index in [-0.39, 0.29) is 29.7 Å². The fraction of sp³-hybridized carbons (Fsp3) is 0.364. The highest BCUT2D eigenvalue weighted by molar-refractivity contribution is 9.10. The maximum atomic E-state index is 11.9. The number of amides is 1. The largest absolute Gasteiger partial charge is 0.375 e. The number of ether oxygens (including phenoxy) is 1. The van der Waals surface area contributed by atoms with Gasteiger partial charge in [-0.2, -0.15) is 0 Å². The standard InChI is InChI=1S/C11H14BrNO4S/c1-17-8-11(14)13-6-7-18(15,16)10-4-2-9(12)3-5-10/h2-5H,6-8H2,1H3,(H,13,14). The molecule has 1 aromatic carbocycles. The first-order chi connectivity index (χ1) is 8.45. The molecule has 0 unspecified atom stereocenters. The van der Waals surface area contributed by atoms with Crippen LogP contribution in [-0.4, -0.2) is 40.3 Å². The second-order valence-corrected chi connectivity index (χ2v) is 6.58. The SMILES string of the molecule is COCC(=O)NCCS(=O)(=O)c1ccc(Br)cc1. The minimum absolute atomic E-state index is 0.0700. The Morgan fingerprint density at radius 3 is 2.50 bits per heavy atom. The highest BCUT2D eigenvalue weighted by Crippen LogP contribution is 2.15. The van der Waals surface area contributed by atoms with Crippen LogP contribution in [0.5, 0.6) is 0 Å². The number of rotatable bonds is 6. The first-order valence-corrected chi connectivity index (χ1v) is 7.64. The number of benzene rings is 1. The lowest BCUT2D eigenvalue weighted by Gasteiger charge is -2.06. The minimum atomic E-state index is -3.36. The Bertz CT molecular complexity index is 498. The molecule has 5 nitrogen and oxygen atoms in total. The van der Waals surface area contributed by atoms with E-state index in [2.05, 4.69) is 26.0 Å². The number of hydrogen-bond donors (Lipinski definition) is 1. The Labute approximate surface area is 115 Å². The van der Waals surface area contributed by atoms with Crippen LogP contribution in [0.15, 0.2) is 33.6 Å². The van der Waals surface area contributed by atoms with E-state index in [0.717, 1.165) is 4.47 Å². The lowest BCUT2D eigenvalue weighted by Crippen LogP contribution is -2.31. The molecule has 0 aliphatic rings. The molecule has 1 rings (SSSR count). The predicted octanol–water partition coefficient (Wildman–Crippen LogP) is 0.985. The maximum absolute atomic E-state index is 11.9. The number of methoxy groups -OCH3 is 1. The number of hydrogen-bond acceptors (Lipinski definition) is 4. The molecule has 7 heteroatoms. The molecule has 1 amide bonds. The van der Waals surface area contributed by atoms with Crippen molar-refractivity contribution in [2.75, 3.05) is 26.0 Å². The summed E-state index contributed by atoms with van der Waals surface area (Å²) >= 11 is 3.24. The Morgan fingerprint density at radius 1 is 1.33 bits per heavy atom. The molecule has 0 heterocycles. The molecule has 0 saturated carbocycles. The van der Waals surface area contributed by atoms with Gasteiger partial charge in [0.2, 0.25) is 5.91 Å². The molecule has 0 bridgehead atoms. The average Bonchev–Trinajstić information content (AvgIpc) is 2.29. The molecule has 0 aliphatic heterocycles. The van der Waals surface area contributed by atoms with Gasteiger partial charge in [0.25, 0.3) is 0 Å². The van der Waals surface area contributed by atoms with E-state index in [1.54, 1.807) is 12.1 Å². The number of halogens is 1. The zero-order valence-corrected chi connectivity index (χ0v) is 12.3. The van der Waals surface area contributed by atoms with Crippen molar-refractivity contribution in [3.8, 4) is 0 Å². The topological polar surface area (TPSA) is 72.5 Å². The summed E-state index contributed by atoms with van der Waals surface area (Å²) in [6.45, 7) is -0.00107. The molecule has 0 fully saturated rings. The third kappa shape index (κ3) is 4.75. The van der Waals surface area contributed by atoms with Crippen molar-refractivity contribution >= 4 is 31.7 Å². The van der Waals surface area contributed by atoms with Gasteiger partial charge in [0.15, 0.2) is 9.84 Å². The van der Waals surface area contributed by atoms with Gasteiger partial charge in [0.05, 0.1) is 10.6 Å². The number of carbonyl (C=O) groups excluding carboxylic acids is 1. The van der Waals surface area contributed by atoms with E-state index < -0.39 is 9.84 Å². The zero-order valence-electron chi connectivity index (χ0n) is 9.85. The first-order valence-electron chi connectivity index (χ1n) is 5.19. The molecule has 0 aliphatic carbocycles. The molecule has 100 valence electrons. The van der Waals surface area contributed by atoms with E-state index in [1.165, 1.54) is 19.2 Å². The molecule has 0 radical (unpaired) electrons. The third-order valence-electron chi connectivity index (χ3n) is 2.14. The van der Waals surface area contributed by atoms with Gasteiger partial charge in [-0.15, -0.1) is 0 Å². The van der Waals surface area contributed by atoms with Crippen LogP contribution in [-0.2, 0) is 19.4 Å². The molecule has 18 heavy (non-hydrogen) atoms. The van der Waals surface area contributed by atoms with Crippen molar-refractivity contribution in [3.05, 3.63) is 28.7 Å². The van der Waals surface area contributed by atoms with Crippen LogP contribution in [0.4, 0.5) is 0 Å². The molecule has 0 saturated heterocycles. The quantitative estimate of drug-likeness (QED) is 0.841. The van der Waals surface area contributed by atoms with Gasteiger partial charge in [-0.3, -0.25) is 4.79 Å². The summed E-state index contributed by atoms with van der Waals surface area (Å²) < 4.78 is 29.2. The summed E-state index contributed by atoms with van der Waals surface area (Å²) in [5.74, 6) is -0.465. The van der Waals surface area contributed by atoms with E-state index in [9.17, 15) is 13.2 Å². The predicted molar refractivity (Wildman–Crippen MR) is 71.1 cm³/mol. The fourth-order valence-electron chi connectivity index (χ4n) is 1.27. The normalized spacial score (nSPS) is 11.2. The van der Waals surface area contributed by atoms with E-state index in [1.807, 2.05) is 0 Å². The van der Waals surface area contributed by atoms with Crippen LogP contribution >= 0.6 is 15.9 Å². The maximum Gasteiger partial charge on any atom is 0.246 e. The van der Waals surface area contributed by atoms with Crippen LogP contribution in [0.25, 0.3) is 0 Å². The molecule has 0 atom stereocenters. The summed E-state index contributed by atoms with van der Waals surface area (Å²) in [6, 6.07) is 6.37. The molecular formula is C11H14BrNO4S. The Kier molecular flexibility index (Phi) is 5.77. The second-order valence-electron chi connectivity index (χ2n) is 3.56. The Morgan fingerprint density at radius 2 is 1.94 bits per heavy atom. The Hall–Kier alpha value is -0.920. The van der Waals surface area contributed by atoms with Crippen molar-refractivity contribution in [2.45, 2.75) is 4.90 Å². The summed E-state index contributed by atoms with van der Waals surface area (Å²) in [6.07, 6.45) is 0. The molecule has 1 N–H and O–H groups in total. The lowest BCUT2D eigenvalue weighted by molar-refractivity contribution is -0.124. The van der Waals surface area contributed by atoms with Crippen LogP contribution in [0, 0.1) is 0 Å². The monoisotopic (exact) mass is 335 g/mol. The molecule has 0 spiro atoms. The smallest absolute Gasteiger partial charge is 0.246 e. The van der Waals surface area contributed by atoms with Crippen molar-refractivity contribution in [2.24, 2.45) is 0 Å². The van der Waals surface area contributed by atoms with Crippen LogP contribution in [0.2, 0.25) is 0 Å². The van der Waals surface area contributed by atoms with Gasteiger partial charge in [-0.1, -0.05) is 15.9 Å². The molecule has 0 aromatic heterocycles. The van der Waals surface area contributed by atoms with Gasteiger partial charge in [0.1, 0.15) is 6.61 Å². The summed E-state index contributed by atoms with van der Waals surface area (Å²) in [5.41, 5.74) is 0. The van der Waals surface area contributed by atoms with E-state index >= 15 is 0 Å². The van der Waals surface area contributed by atoms with E-state index in [0.29, 0.717) is 0 Å². The van der Waals surface area contributed by atoms with Crippen molar-refractivity contribution in [1.29, 1.82) is 0 Å². The van der Waals surface area contributed by atoms with Gasteiger partial charge in [-0.25, -0.2) is 8.42 Å². The molecule has 1 aromatic rings. The van der Waals surface area contributed by atoms with Gasteiger partial charge in [-0.05, 0) is 24.3 Å². The van der Waals surface area contributed by atoms with Crippen LogP contribution in [0.3, 0.4) is 0 Å². The highest BCUT2D eigenvalue weighted by Gasteiger charge is 2.14. The van der Waals surface area contributed by atoms with Gasteiger partial charge >= 0.3 is 0 Å². The van der Waals surface area contributed by atoms with Crippen molar-refractivity contribution in [1.82, 2.24) is 5.32 Å². The number of nitrogens with one attached hydrogen (secondary N) is 1. The molecular weight excluding hydrogens is 322 g/mol. The van der Waals surface area contributed by atoms with Crippen LogP contribution in [0.1, 0.15) is 0 Å². The Balaban J connectivity index is 2.55. The lowest BCUT2D eigenvalue weighted by atomic mass is 10.4. The average molecular weight is 336 g/mol. The highest BCUT2D eigenvalue weighted by atomic mass is 79.9. The number of carbonyl (C=O) groups is 1. The fourth-order valence-corrected chi connectivity index (χ4v) is 2.69. The van der Waals surface area contributed by atoms with Crippen molar-refractivity contribution in [3.63, 3.8) is 0 Å². The van der Waals surface area contributed by atoms with Crippen LogP contribution < -0.4 is 5.32 Å². The third-order valence-corrected chi connectivity index (χ3v) is 4.40. The number of sulfone groups is 1. The summed E-state index contributed by atoms with van der Waals surface area (Å²) in [5, 5.41) is 2.47. The minimum Gasteiger partial charge on any atom is -0.375 e. The summed E-state index contributed by atoms with van der Waals surface area (Å²) in [7, 11) is -1.96. The zero-order chi connectivity index (χ0) is 13.6. The van der Waals surface area contributed by atoms with Gasteiger partial charge < -0.3 is 10.1 Å². The van der Waals surface area contributed by atoms with Gasteiger partial charge in [0, 0.05) is 18.1 Å². The first kappa shape index (κ1) is 15.1. The second kappa shape index (κ2) is 6.86. The van der Waals surface area contributed by atoms with E-state index in [4.69, 9.17) is 0 Å². The summed E-state index contributed by atoms with van der Waals surface area (Å²) in [4.78, 5) is 11.3.